The molecule has 2 aliphatic heterocycles. The molecular weight excluding hydrogens is 462 g/mol. The van der Waals surface area contributed by atoms with Crippen molar-refractivity contribution in [2.45, 2.75) is 19.4 Å². The lowest BCUT2D eigenvalue weighted by Crippen LogP contribution is -2.36. The Kier molecular flexibility index (Phi) is 5.97. The van der Waals surface area contributed by atoms with Crippen LogP contribution < -0.4 is 10.2 Å². The third-order valence-electron chi connectivity index (χ3n) is 6.42. The van der Waals surface area contributed by atoms with Gasteiger partial charge in [-0.3, -0.25) is 4.79 Å². The van der Waals surface area contributed by atoms with Crippen molar-refractivity contribution in [3.63, 3.8) is 0 Å². The number of thiophene rings is 1. The number of carbonyl (C=O) groups is 1. The van der Waals surface area contributed by atoms with E-state index in [0.29, 0.717) is 31.3 Å². The molecule has 2 fully saturated rings. The summed E-state index contributed by atoms with van der Waals surface area (Å²) in [4.78, 5) is 20.8. The second kappa shape index (κ2) is 9.41. The molecular formula is C26H27N5O3S. The molecule has 2 saturated heterocycles. The van der Waals surface area contributed by atoms with Gasteiger partial charge in [-0.1, -0.05) is 23.8 Å². The zero-order valence-electron chi connectivity index (χ0n) is 19.6. The van der Waals surface area contributed by atoms with Gasteiger partial charge in [-0.15, -0.1) is 11.3 Å². The van der Waals surface area contributed by atoms with E-state index >= 15 is 0 Å². The van der Waals surface area contributed by atoms with Crippen LogP contribution in [0, 0.1) is 6.92 Å². The first-order valence-electron chi connectivity index (χ1n) is 11.9. The summed E-state index contributed by atoms with van der Waals surface area (Å²) in [5.74, 6) is 0.658. The number of pyridine rings is 1. The molecule has 9 heteroatoms. The minimum atomic E-state index is -0.0706. The van der Waals surface area contributed by atoms with Crippen LogP contribution in [-0.4, -0.2) is 66.2 Å². The van der Waals surface area contributed by atoms with E-state index in [2.05, 4.69) is 41.4 Å². The van der Waals surface area contributed by atoms with Crippen LogP contribution in [0.4, 0.5) is 5.69 Å². The molecule has 1 aromatic carbocycles. The zero-order chi connectivity index (χ0) is 23.8. The maximum Gasteiger partial charge on any atom is 0.261 e. The fraction of sp³-hybridized carbons (Fsp3) is 0.346. The molecule has 1 atom stereocenters. The van der Waals surface area contributed by atoms with E-state index in [9.17, 15) is 4.79 Å². The van der Waals surface area contributed by atoms with Crippen LogP contribution in [0.5, 0.6) is 0 Å². The number of rotatable bonds is 5. The number of ether oxygens (including phenoxy) is 2. The molecule has 0 aliphatic carbocycles. The van der Waals surface area contributed by atoms with Crippen LogP contribution in [0.25, 0.3) is 27.3 Å². The first-order valence-corrected chi connectivity index (χ1v) is 12.7. The monoisotopic (exact) mass is 489 g/mol. The summed E-state index contributed by atoms with van der Waals surface area (Å²) in [5, 5.41) is 7.91. The molecule has 0 bridgehead atoms. The number of hydrogen-bond acceptors (Lipinski definition) is 7. The number of carbonyl (C=O) groups excluding carboxylic acids is 1. The van der Waals surface area contributed by atoms with Gasteiger partial charge in [0.1, 0.15) is 0 Å². The van der Waals surface area contributed by atoms with E-state index in [-0.39, 0.29) is 11.9 Å². The van der Waals surface area contributed by atoms with Gasteiger partial charge in [0.25, 0.3) is 5.91 Å². The van der Waals surface area contributed by atoms with Crippen molar-refractivity contribution in [3.05, 3.63) is 59.1 Å². The third kappa shape index (κ3) is 4.54. The Bertz CT molecular complexity index is 1370. The normalized spacial score (nSPS) is 18.3. The summed E-state index contributed by atoms with van der Waals surface area (Å²) in [6.45, 7) is 6.29. The van der Waals surface area contributed by atoms with Gasteiger partial charge >= 0.3 is 0 Å². The lowest BCUT2D eigenvalue weighted by Gasteiger charge is -2.29. The Hall–Kier alpha value is -3.27. The summed E-state index contributed by atoms with van der Waals surface area (Å²) < 4.78 is 13.8. The molecule has 35 heavy (non-hydrogen) atoms. The van der Waals surface area contributed by atoms with E-state index in [4.69, 9.17) is 19.6 Å². The standard InChI is InChI=1S/C26H27N5O3S/c1-17-3-2-4-18(13-17)20-5-7-31(29-20)24-15-22(30-8-11-33-12-9-30)25-21(28-24)14-23(35-25)26(32)27-19-6-10-34-16-19/h2-5,7,13-15,19H,6,8-12,16H2,1H3,(H,27,32). The quantitative estimate of drug-likeness (QED) is 0.459. The van der Waals surface area contributed by atoms with Gasteiger partial charge in [0.2, 0.25) is 0 Å². The van der Waals surface area contributed by atoms with E-state index in [1.54, 1.807) is 0 Å². The predicted molar refractivity (Wildman–Crippen MR) is 137 cm³/mol. The van der Waals surface area contributed by atoms with Crippen molar-refractivity contribution in [1.29, 1.82) is 0 Å². The SMILES string of the molecule is Cc1cccc(-c2ccn(-c3cc(N4CCOCC4)c4sc(C(=O)NC5CCOC5)cc4n3)n2)c1. The number of nitrogens with one attached hydrogen (secondary N) is 1. The van der Waals surface area contributed by atoms with Gasteiger partial charge in [-0.05, 0) is 31.5 Å². The molecule has 8 nitrogen and oxygen atoms in total. The minimum absolute atomic E-state index is 0.0686. The van der Waals surface area contributed by atoms with E-state index < -0.39 is 0 Å². The van der Waals surface area contributed by atoms with Crippen molar-refractivity contribution >= 4 is 33.1 Å². The van der Waals surface area contributed by atoms with Gasteiger partial charge < -0.3 is 19.7 Å². The topological polar surface area (TPSA) is 81.5 Å². The molecule has 180 valence electrons. The molecule has 1 amide bonds. The summed E-state index contributed by atoms with van der Waals surface area (Å²) in [6.07, 6.45) is 2.79. The number of aryl methyl sites for hydroxylation is 1. The Morgan fingerprint density at radius 3 is 2.80 bits per heavy atom. The summed E-state index contributed by atoms with van der Waals surface area (Å²) >= 11 is 1.49. The first-order chi connectivity index (χ1) is 17.1. The number of benzene rings is 1. The number of morpholine rings is 1. The Labute approximate surface area is 207 Å². The molecule has 3 aromatic heterocycles. The number of anilines is 1. The van der Waals surface area contributed by atoms with Crippen molar-refractivity contribution in [3.8, 4) is 17.1 Å². The molecule has 5 heterocycles. The molecule has 0 saturated carbocycles. The van der Waals surface area contributed by atoms with Crippen LogP contribution in [0.1, 0.15) is 21.7 Å². The lowest BCUT2D eigenvalue weighted by molar-refractivity contribution is 0.0934. The molecule has 1 unspecified atom stereocenters. The maximum atomic E-state index is 13.0. The zero-order valence-corrected chi connectivity index (χ0v) is 20.4. The minimum Gasteiger partial charge on any atom is -0.379 e. The second-order valence-electron chi connectivity index (χ2n) is 8.97. The highest BCUT2D eigenvalue weighted by Crippen LogP contribution is 2.35. The maximum absolute atomic E-state index is 13.0. The summed E-state index contributed by atoms with van der Waals surface area (Å²) in [7, 11) is 0. The number of aromatic nitrogens is 3. The van der Waals surface area contributed by atoms with Gasteiger partial charge in [0.05, 0.1) is 52.3 Å². The third-order valence-corrected chi connectivity index (χ3v) is 7.57. The van der Waals surface area contributed by atoms with Gasteiger partial charge in [-0.2, -0.15) is 5.10 Å². The lowest BCUT2D eigenvalue weighted by atomic mass is 10.1. The highest BCUT2D eigenvalue weighted by molar-refractivity contribution is 7.21. The largest absolute Gasteiger partial charge is 0.379 e. The number of hydrogen-bond donors (Lipinski definition) is 1. The predicted octanol–water partition coefficient (Wildman–Crippen LogP) is 3.81. The molecule has 1 N–H and O–H groups in total. The van der Waals surface area contributed by atoms with E-state index in [1.807, 2.05) is 29.1 Å². The number of fused-ring (bicyclic) bond motifs is 1. The number of amides is 1. The van der Waals surface area contributed by atoms with Crippen LogP contribution >= 0.6 is 11.3 Å². The molecule has 2 aliphatic rings. The molecule has 4 aromatic rings. The average molecular weight is 490 g/mol. The first kappa shape index (κ1) is 22.2. The highest BCUT2D eigenvalue weighted by atomic mass is 32.1. The van der Waals surface area contributed by atoms with Crippen LogP contribution in [0.2, 0.25) is 0 Å². The summed E-state index contributed by atoms with van der Waals surface area (Å²) in [5.41, 5.74) is 5.03. The van der Waals surface area contributed by atoms with Gasteiger partial charge in [0.15, 0.2) is 5.82 Å². The molecule has 0 radical (unpaired) electrons. The summed E-state index contributed by atoms with van der Waals surface area (Å²) in [6, 6.07) is 14.3. The smallest absolute Gasteiger partial charge is 0.261 e. The Morgan fingerprint density at radius 2 is 2.00 bits per heavy atom. The van der Waals surface area contributed by atoms with Gasteiger partial charge in [-0.25, -0.2) is 9.67 Å². The fourth-order valence-electron chi connectivity index (χ4n) is 4.57. The van der Waals surface area contributed by atoms with E-state index in [1.165, 1.54) is 16.9 Å². The Morgan fingerprint density at radius 1 is 1.11 bits per heavy atom. The fourth-order valence-corrected chi connectivity index (χ4v) is 5.62. The second-order valence-corrected chi connectivity index (χ2v) is 10.0. The highest BCUT2D eigenvalue weighted by Gasteiger charge is 2.23. The van der Waals surface area contributed by atoms with Crippen molar-refractivity contribution < 1.29 is 14.3 Å². The van der Waals surface area contributed by atoms with Crippen LogP contribution in [0.3, 0.4) is 0 Å². The van der Waals surface area contributed by atoms with Crippen molar-refractivity contribution in [2.24, 2.45) is 0 Å². The van der Waals surface area contributed by atoms with Crippen LogP contribution in [-0.2, 0) is 9.47 Å². The molecule has 0 spiro atoms. The van der Waals surface area contributed by atoms with Gasteiger partial charge in [0, 0.05) is 37.5 Å². The Balaban J connectivity index is 1.39. The molecule has 6 rings (SSSR count). The average Bonchev–Trinajstić information content (AvgIpc) is 3.64. The number of nitrogens with zero attached hydrogens (tertiary/aromatic N) is 4. The van der Waals surface area contributed by atoms with Crippen LogP contribution in [0.15, 0.2) is 48.7 Å². The van der Waals surface area contributed by atoms with E-state index in [0.717, 1.165) is 52.5 Å². The van der Waals surface area contributed by atoms with Crippen molar-refractivity contribution in [1.82, 2.24) is 20.1 Å². The van der Waals surface area contributed by atoms with Crippen molar-refractivity contribution in [2.75, 3.05) is 44.4 Å².